The SMILES string of the molecule is CC(S)Cn1c(CCl)cnc1Cc1ccccc1Cl.Cl. The molecule has 0 saturated carbocycles. The Kier molecular flexibility index (Phi) is 7.24. The standard InChI is InChI=1S/C14H16Cl2N2S.ClH/c1-10(19)9-18-12(7-15)8-17-14(18)6-11-4-2-3-5-13(11)16;/h2-5,8,10,19H,6-7,9H2,1H3;1H. The lowest BCUT2D eigenvalue weighted by Crippen LogP contribution is -2.13. The van der Waals surface area contributed by atoms with Crippen LogP contribution in [0.3, 0.4) is 0 Å². The van der Waals surface area contributed by atoms with Crippen LogP contribution in [0.15, 0.2) is 30.5 Å². The van der Waals surface area contributed by atoms with E-state index in [1.807, 2.05) is 30.5 Å². The van der Waals surface area contributed by atoms with Crippen molar-refractivity contribution in [1.82, 2.24) is 9.55 Å². The van der Waals surface area contributed by atoms with Gasteiger partial charge in [0.2, 0.25) is 0 Å². The van der Waals surface area contributed by atoms with Gasteiger partial charge in [0, 0.05) is 29.4 Å². The molecular weight excluding hydrogens is 335 g/mol. The van der Waals surface area contributed by atoms with Gasteiger partial charge in [-0.1, -0.05) is 36.7 Å². The molecule has 2 aromatic rings. The lowest BCUT2D eigenvalue weighted by atomic mass is 10.1. The molecule has 6 heteroatoms. The Bertz CT molecular complexity index is 555. The molecule has 0 saturated heterocycles. The summed E-state index contributed by atoms with van der Waals surface area (Å²) in [6, 6.07) is 7.83. The molecule has 20 heavy (non-hydrogen) atoms. The number of imidazole rings is 1. The van der Waals surface area contributed by atoms with E-state index in [2.05, 4.69) is 29.1 Å². The van der Waals surface area contributed by atoms with Crippen LogP contribution in [0, 0.1) is 0 Å². The molecule has 0 radical (unpaired) electrons. The lowest BCUT2D eigenvalue weighted by Gasteiger charge is -2.13. The predicted octanol–water partition coefficient (Wildman–Crippen LogP) is 4.61. The van der Waals surface area contributed by atoms with Gasteiger partial charge in [0.25, 0.3) is 0 Å². The maximum Gasteiger partial charge on any atom is 0.113 e. The number of thiol groups is 1. The molecule has 1 unspecified atom stereocenters. The molecule has 0 fully saturated rings. The summed E-state index contributed by atoms with van der Waals surface area (Å²) in [5.41, 5.74) is 2.09. The summed E-state index contributed by atoms with van der Waals surface area (Å²) in [4.78, 5) is 4.46. The molecule has 0 aliphatic carbocycles. The first-order valence-corrected chi connectivity index (χ1v) is 7.55. The third kappa shape index (κ3) is 4.32. The second-order valence-corrected chi connectivity index (χ2v) is 6.08. The highest BCUT2D eigenvalue weighted by molar-refractivity contribution is 7.80. The molecule has 110 valence electrons. The van der Waals surface area contributed by atoms with E-state index in [4.69, 9.17) is 23.2 Å². The van der Waals surface area contributed by atoms with E-state index < -0.39 is 0 Å². The van der Waals surface area contributed by atoms with Crippen LogP contribution in [0.5, 0.6) is 0 Å². The summed E-state index contributed by atoms with van der Waals surface area (Å²) < 4.78 is 2.13. The van der Waals surface area contributed by atoms with Crippen LogP contribution in [0.2, 0.25) is 5.02 Å². The molecule has 0 aliphatic heterocycles. The van der Waals surface area contributed by atoms with Crippen LogP contribution in [0.25, 0.3) is 0 Å². The Balaban J connectivity index is 0.00000200. The van der Waals surface area contributed by atoms with E-state index in [0.717, 1.165) is 28.6 Å². The topological polar surface area (TPSA) is 17.8 Å². The molecule has 0 amide bonds. The minimum absolute atomic E-state index is 0. The molecule has 2 nitrogen and oxygen atoms in total. The molecular formula is C14H17Cl3N2S. The van der Waals surface area contributed by atoms with Crippen molar-refractivity contribution in [3.05, 3.63) is 52.6 Å². The van der Waals surface area contributed by atoms with E-state index in [9.17, 15) is 0 Å². The van der Waals surface area contributed by atoms with E-state index >= 15 is 0 Å². The van der Waals surface area contributed by atoms with Gasteiger partial charge in [-0.05, 0) is 11.6 Å². The third-order valence-electron chi connectivity index (χ3n) is 2.91. The van der Waals surface area contributed by atoms with Crippen molar-refractivity contribution in [2.75, 3.05) is 0 Å². The van der Waals surface area contributed by atoms with Gasteiger partial charge in [-0.15, -0.1) is 24.0 Å². The number of halogens is 3. The van der Waals surface area contributed by atoms with Gasteiger partial charge in [-0.25, -0.2) is 4.98 Å². The van der Waals surface area contributed by atoms with Crippen molar-refractivity contribution in [3.63, 3.8) is 0 Å². The van der Waals surface area contributed by atoms with Crippen molar-refractivity contribution in [1.29, 1.82) is 0 Å². The van der Waals surface area contributed by atoms with Gasteiger partial charge in [0.05, 0.1) is 11.6 Å². The highest BCUT2D eigenvalue weighted by Gasteiger charge is 2.12. The average Bonchev–Trinajstić information content (AvgIpc) is 2.74. The van der Waals surface area contributed by atoms with E-state index in [1.54, 1.807) is 0 Å². The predicted molar refractivity (Wildman–Crippen MR) is 91.7 cm³/mol. The number of nitrogens with zero attached hydrogens (tertiary/aromatic N) is 2. The number of aromatic nitrogens is 2. The van der Waals surface area contributed by atoms with Crippen LogP contribution < -0.4 is 0 Å². The zero-order valence-corrected chi connectivity index (χ0v) is 14.3. The summed E-state index contributed by atoms with van der Waals surface area (Å²) >= 11 is 16.6. The number of alkyl halides is 1. The summed E-state index contributed by atoms with van der Waals surface area (Å²) in [5.74, 6) is 1.43. The smallest absolute Gasteiger partial charge is 0.113 e. The first-order chi connectivity index (χ1) is 9.11. The second kappa shape index (κ2) is 8.18. The fourth-order valence-electron chi connectivity index (χ4n) is 2.00. The van der Waals surface area contributed by atoms with Crippen molar-refractivity contribution in [2.24, 2.45) is 0 Å². The van der Waals surface area contributed by atoms with Gasteiger partial charge >= 0.3 is 0 Å². The van der Waals surface area contributed by atoms with Gasteiger partial charge in [0.15, 0.2) is 0 Å². The van der Waals surface area contributed by atoms with Crippen molar-refractivity contribution in [3.8, 4) is 0 Å². The average molecular weight is 352 g/mol. The molecule has 0 bridgehead atoms. The Hall–Kier alpha value is -0.350. The highest BCUT2D eigenvalue weighted by atomic mass is 35.5. The molecule has 1 atom stereocenters. The molecule has 1 aromatic heterocycles. The van der Waals surface area contributed by atoms with E-state index in [0.29, 0.717) is 12.3 Å². The summed E-state index contributed by atoms with van der Waals surface area (Å²) in [5, 5.41) is 1.02. The van der Waals surface area contributed by atoms with Crippen LogP contribution in [-0.2, 0) is 18.8 Å². The van der Waals surface area contributed by atoms with Crippen LogP contribution in [0.1, 0.15) is 24.0 Å². The van der Waals surface area contributed by atoms with E-state index in [1.165, 1.54) is 0 Å². The van der Waals surface area contributed by atoms with Gasteiger partial charge in [-0.2, -0.15) is 12.6 Å². The Morgan fingerprint density at radius 3 is 2.65 bits per heavy atom. The van der Waals surface area contributed by atoms with Crippen LogP contribution >= 0.6 is 48.2 Å². The van der Waals surface area contributed by atoms with Crippen molar-refractivity contribution < 1.29 is 0 Å². The van der Waals surface area contributed by atoms with Gasteiger partial charge < -0.3 is 4.57 Å². The van der Waals surface area contributed by atoms with Gasteiger partial charge in [0.1, 0.15) is 5.82 Å². The monoisotopic (exact) mass is 350 g/mol. The lowest BCUT2D eigenvalue weighted by molar-refractivity contribution is 0.641. The van der Waals surface area contributed by atoms with Crippen molar-refractivity contribution >= 4 is 48.2 Å². The molecule has 0 aliphatic rings. The van der Waals surface area contributed by atoms with E-state index in [-0.39, 0.29) is 17.7 Å². The minimum Gasteiger partial charge on any atom is -0.330 e. The zero-order chi connectivity index (χ0) is 13.8. The quantitative estimate of drug-likeness (QED) is 0.615. The molecule has 0 spiro atoms. The Morgan fingerprint density at radius 1 is 1.35 bits per heavy atom. The second-order valence-electron chi connectivity index (χ2n) is 4.53. The number of rotatable bonds is 5. The maximum absolute atomic E-state index is 6.19. The fraction of sp³-hybridized carbons (Fsp3) is 0.357. The number of hydrogen-bond donors (Lipinski definition) is 1. The van der Waals surface area contributed by atoms with Gasteiger partial charge in [-0.3, -0.25) is 0 Å². The molecule has 1 heterocycles. The minimum atomic E-state index is 0. The number of benzene rings is 1. The summed E-state index contributed by atoms with van der Waals surface area (Å²) in [7, 11) is 0. The van der Waals surface area contributed by atoms with Crippen LogP contribution in [0.4, 0.5) is 0 Å². The molecule has 1 aromatic carbocycles. The van der Waals surface area contributed by atoms with Crippen LogP contribution in [-0.4, -0.2) is 14.8 Å². The Morgan fingerprint density at radius 2 is 2.05 bits per heavy atom. The highest BCUT2D eigenvalue weighted by Crippen LogP contribution is 2.20. The van der Waals surface area contributed by atoms with Crippen molar-refractivity contribution in [2.45, 2.75) is 31.0 Å². The molecule has 0 N–H and O–H groups in total. The summed E-state index contributed by atoms with van der Waals surface area (Å²) in [6.45, 7) is 2.85. The maximum atomic E-state index is 6.19. The first kappa shape index (κ1) is 17.7. The normalized spacial score (nSPS) is 12.0. The largest absolute Gasteiger partial charge is 0.330 e. The fourth-order valence-corrected chi connectivity index (χ4v) is 2.58. The molecule has 2 rings (SSSR count). The summed E-state index contributed by atoms with van der Waals surface area (Å²) in [6.07, 6.45) is 2.53. The third-order valence-corrected chi connectivity index (χ3v) is 3.72. The first-order valence-electron chi connectivity index (χ1n) is 6.12. The number of hydrogen-bond acceptors (Lipinski definition) is 2. The zero-order valence-electron chi connectivity index (χ0n) is 11.1. The Labute approximate surface area is 141 Å².